The minimum atomic E-state index is -2.37. The molecule has 0 bridgehead atoms. The van der Waals surface area contributed by atoms with E-state index in [0.717, 1.165) is 0 Å². The Morgan fingerprint density at radius 3 is 3.08 bits per heavy atom. The quantitative estimate of drug-likeness (QED) is 0.542. The second-order valence-electron chi connectivity index (χ2n) is 2.01. The van der Waals surface area contributed by atoms with E-state index >= 15 is 0 Å². The number of rotatable bonds is 3. The number of hydrogen-bond acceptors (Lipinski definition) is 3. The van der Waals surface area contributed by atoms with E-state index in [1.807, 2.05) is 4.72 Å². The summed E-state index contributed by atoms with van der Waals surface area (Å²) in [7, 11) is 0. The van der Waals surface area contributed by atoms with Crippen molar-refractivity contribution in [1.82, 2.24) is 9.71 Å². The molecule has 0 fully saturated rings. The van der Waals surface area contributed by atoms with Gasteiger partial charge in [-0.3, -0.25) is 4.21 Å². The summed E-state index contributed by atoms with van der Waals surface area (Å²) < 4.78 is 34.8. The van der Waals surface area contributed by atoms with Crippen LogP contribution in [-0.2, 0) is 17.8 Å². The standard InChI is InChI=1S/C6H7FN2O2S/c7-6-5(2-1-3-8-6)4-9-12(10)11/h1-3,9H,4H2,(H,10,11)/p-1. The molecule has 0 aromatic carbocycles. The van der Waals surface area contributed by atoms with Crippen molar-refractivity contribution in [2.45, 2.75) is 6.54 Å². The molecule has 1 N–H and O–H groups in total. The monoisotopic (exact) mass is 189 g/mol. The first-order valence-electron chi connectivity index (χ1n) is 3.12. The van der Waals surface area contributed by atoms with Gasteiger partial charge in [0.05, 0.1) is 0 Å². The molecule has 0 amide bonds. The second-order valence-corrected chi connectivity index (χ2v) is 2.77. The van der Waals surface area contributed by atoms with Crippen LogP contribution in [0.4, 0.5) is 4.39 Å². The van der Waals surface area contributed by atoms with E-state index < -0.39 is 17.2 Å². The van der Waals surface area contributed by atoms with Crippen molar-refractivity contribution in [2.75, 3.05) is 0 Å². The fourth-order valence-electron chi connectivity index (χ4n) is 0.688. The van der Waals surface area contributed by atoms with E-state index in [1.54, 1.807) is 0 Å². The molecule has 1 rings (SSSR count). The molecule has 0 saturated heterocycles. The molecule has 1 atom stereocenters. The van der Waals surface area contributed by atoms with Gasteiger partial charge in [-0.05, 0) is 6.07 Å². The normalized spacial score (nSPS) is 12.8. The van der Waals surface area contributed by atoms with Crippen LogP contribution in [0.5, 0.6) is 0 Å². The van der Waals surface area contributed by atoms with Gasteiger partial charge < -0.3 is 4.55 Å². The van der Waals surface area contributed by atoms with Gasteiger partial charge in [-0.1, -0.05) is 6.07 Å². The van der Waals surface area contributed by atoms with Crippen molar-refractivity contribution >= 4 is 11.3 Å². The highest BCUT2D eigenvalue weighted by molar-refractivity contribution is 7.77. The Bertz CT molecular complexity index is 295. The largest absolute Gasteiger partial charge is 0.760 e. The molecule has 1 heterocycles. The summed E-state index contributed by atoms with van der Waals surface area (Å²) in [4.78, 5) is 3.35. The first-order chi connectivity index (χ1) is 5.70. The van der Waals surface area contributed by atoms with Gasteiger partial charge >= 0.3 is 0 Å². The number of nitrogens with one attached hydrogen (secondary N) is 1. The molecule has 0 aliphatic heterocycles. The topological polar surface area (TPSA) is 65.0 Å². The minimum absolute atomic E-state index is 0.0736. The molecule has 0 aliphatic carbocycles. The smallest absolute Gasteiger partial charge is 0.217 e. The Morgan fingerprint density at radius 2 is 2.50 bits per heavy atom. The van der Waals surface area contributed by atoms with Crippen LogP contribution in [-0.4, -0.2) is 13.7 Å². The molecular weight excluding hydrogens is 183 g/mol. The Kier molecular flexibility index (Phi) is 3.27. The van der Waals surface area contributed by atoms with Gasteiger partial charge in [0, 0.05) is 29.6 Å². The first kappa shape index (κ1) is 9.24. The lowest BCUT2D eigenvalue weighted by molar-refractivity contribution is 0.518. The number of aromatic nitrogens is 1. The van der Waals surface area contributed by atoms with E-state index in [1.165, 1.54) is 18.3 Å². The summed E-state index contributed by atoms with van der Waals surface area (Å²) in [5.74, 6) is -0.657. The van der Waals surface area contributed by atoms with Crippen LogP contribution >= 0.6 is 0 Å². The minimum Gasteiger partial charge on any atom is -0.760 e. The summed E-state index contributed by atoms with van der Waals surface area (Å²) in [6.07, 6.45) is 1.30. The zero-order valence-electron chi connectivity index (χ0n) is 5.99. The van der Waals surface area contributed by atoms with Gasteiger partial charge in [-0.2, -0.15) is 4.39 Å². The summed E-state index contributed by atoms with van der Waals surface area (Å²) in [5.41, 5.74) is 0.224. The molecule has 66 valence electrons. The average Bonchev–Trinajstić information content (AvgIpc) is 2.03. The van der Waals surface area contributed by atoms with Gasteiger partial charge in [0.15, 0.2) is 0 Å². The van der Waals surface area contributed by atoms with Gasteiger partial charge in [0.1, 0.15) is 0 Å². The van der Waals surface area contributed by atoms with Gasteiger partial charge in [0.2, 0.25) is 5.95 Å². The third kappa shape index (κ3) is 2.65. The number of halogens is 1. The van der Waals surface area contributed by atoms with E-state index in [9.17, 15) is 13.2 Å². The van der Waals surface area contributed by atoms with Crippen LogP contribution in [0, 0.1) is 5.95 Å². The maximum atomic E-state index is 12.7. The van der Waals surface area contributed by atoms with Crippen molar-refractivity contribution < 1.29 is 13.2 Å². The SMILES string of the molecule is O=S([O-])NCc1cccnc1F. The van der Waals surface area contributed by atoms with Crippen LogP contribution in [0.1, 0.15) is 5.56 Å². The van der Waals surface area contributed by atoms with E-state index in [-0.39, 0.29) is 12.1 Å². The zero-order chi connectivity index (χ0) is 8.97. The molecule has 4 nitrogen and oxygen atoms in total. The lowest BCUT2D eigenvalue weighted by atomic mass is 10.3. The Balaban J connectivity index is 2.63. The highest BCUT2D eigenvalue weighted by Gasteiger charge is 1.99. The van der Waals surface area contributed by atoms with Crippen molar-refractivity contribution in [3.63, 3.8) is 0 Å². The maximum Gasteiger partial charge on any atom is 0.217 e. The van der Waals surface area contributed by atoms with Crippen molar-refractivity contribution in [3.05, 3.63) is 29.8 Å². The van der Waals surface area contributed by atoms with Crippen LogP contribution in [0.3, 0.4) is 0 Å². The highest BCUT2D eigenvalue weighted by Crippen LogP contribution is 2.01. The van der Waals surface area contributed by atoms with Crippen LogP contribution in [0.15, 0.2) is 18.3 Å². The molecule has 0 radical (unpaired) electrons. The fourth-order valence-corrected chi connectivity index (χ4v) is 0.961. The second kappa shape index (κ2) is 4.24. The first-order valence-corrected chi connectivity index (χ1v) is 4.20. The van der Waals surface area contributed by atoms with E-state index in [4.69, 9.17) is 0 Å². The van der Waals surface area contributed by atoms with Crippen LogP contribution in [0.25, 0.3) is 0 Å². The molecule has 6 heteroatoms. The lowest BCUT2D eigenvalue weighted by Gasteiger charge is -2.06. The molecule has 1 aromatic rings. The van der Waals surface area contributed by atoms with E-state index in [2.05, 4.69) is 4.98 Å². The average molecular weight is 189 g/mol. The number of hydrogen-bond donors (Lipinski definition) is 1. The van der Waals surface area contributed by atoms with Crippen LogP contribution in [0.2, 0.25) is 0 Å². The fraction of sp³-hybridized carbons (Fsp3) is 0.167. The number of nitrogens with zero attached hydrogens (tertiary/aromatic N) is 1. The maximum absolute atomic E-state index is 12.7. The summed E-state index contributed by atoms with van der Waals surface area (Å²) >= 11 is -2.37. The third-order valence-corrected chi connectivity index (χ3v) is 1.60. The Morgan fingerprint density at radius 1 is 1.75 bits per heavy atom. The lowest BCUT2D eigenvalue weighted by Crippen LogP contribution is -2.16. The van der Waals surface area contributed by atoms with Crippen molar-refractivity contribution in [1.29, 1.82) is 0 Å². The highest BCUT2D eigenvalue weighted by atomic mass is 32.2. The van der Waals surface area contributed by atoms with E-state index in [0.29, 0.717) is 0 Å². The predicted octanol–water partition coefficient (Wildman–Crippen LogP) is 0.104. The molecule has 0 saturated carbocycles. The van der Waals surface area contributed by atoms with Crippen molar-refractivity contribution in [3.8, 4) is 0 Å². The van der Waals surface area contributed by atoms with Gasteiger partial charge in [0.25, 0.3) is 0 Å². The summed E-state index contributed by atoms with van der Waals surface area (Å²) in [6, 6.07) is 3.00. The van der Waals surface area contributed by atoms with Gasteiger partial charge in [-0.25, -0.2) is 9.71 Å². The molecule has 0 spiro atoms. The predicted molar refractivity (Wildman–Crippen MR) is 40.0 cm³/mol. The molecule has 12 heavy (non-hydrogen) atoms. The summed E-state index contributed by atoms with van der Waals surface area (Å²) in [6.45, 7) is -0.0736. The third-order valence-electron chi connectivity index (χ3n) is 1.22. The molecule has 1 aromatic heterocycles. The zero-order valence-corrected chi connectivity index (χ0v) is 6.81. The Labute approximate surface area is 71.2 Å². The molecule has 1 unspecified atom stereocenters. The van der Waals surface area contributed by atoms with Crippen LogP contribution < -0.4 is 4.72 Å². The molecular formula is C6H6FN2O2S-. The molecule has 0 aliphatic rings. The Hall–Kier alpha value is -0.850. The number of pyridine rings is 1. The summed E-state index contributed by atoms with van der Waals surface area (Å²) in [5, 5.41) is 0. The van der Waals surface area contributed by atoms with Gasteiger partial charge in [-0.15, -0.1) is 0 Å². The van der Waals surface area contributed by atoms with Crippen molar-refractivity contribution in [2.24, 2.45) is 0 Å².